The van der Waals surface area contributed by atoms with Gasteiger partial charge in [-0.2, -0.15) is 4.98 Å². The van der Waals surface area contributed by atoms with Crippen molar-refractivity contribution in [3.8, 4) is 5.88 Å². The standard InChI is InChI=1S/C23H25FN2O5/c1-13(2)19(12-27)26-11-18(23(29)30)20(28)17-10-15(22(31-3)25-21(17)26)8-7-14-5-4-6-16(24)9-14/h4-6,9-11,13,19,27H,7-8,12H2,1-3H3,(H,29,30)/t19-/m1/s1. The number of carboxylic acids is 1. The van der Waals surface area contributed by atoms with E-state index in [-0.39, 0.29) is 29.4 Å². The smallest absolute Gasteiger partial charge is 0.341 e. The van der Waals surface area contributed by atoms with Crippen LogP contribution in [0.15, 0.2) is 41.3 Å². The monoisotopic (exact) mass is 428 g/mol. The fourth-order valence-corrected chi connectivity index (χ4v) is 3.65. The van der Waals surface area contributed by atoms with E-state index in [9.17, 15) is 24.2 Å². The van der Waals surface area contributed by atoms with Gasteiger partial charge in [0.25, 0.3) is 0 Å². The molecule has 0 spiro atoms. The number of benzene rings is 1. The lowest BCUT2D eigenvalue weighted by atomic mass is 10.0. The Balaban J connectivity index is 2.18. The maximum Gasteiger partial charge on any atom is 0.341 e. The fraction of sp³-hybridized carbons (Fsp3) is 0.348. The van der Waals surface area contributed by atoms with Crippen molar-refractivity contribution >= 4 is 17.0 Å². The van der Waals surface area contributed by atoms with Crippen LogP contribution >= 0.6 is 0 Å². The third-order valence-electron chi connectivity index (χ3n) is 5.35. The molecule has 0 bridgehead atoms. The van der Waals surface area contributed by atoms with Gasteiger partial charge in [0.2, 0.25) is 11.3 Å². The number of halogens is 1. The minimum atomic E-state index is -1.35. The van der Waals surface area contributed by atoms with E-state index < -0.39 is 23.0 Å². The molecule has 1 atom stereocenters. The number of aliphatic hydroxyl groups is 1. The molecule has 164 valence electrons. The lowest BCUT2D eigenvalue weighted by Gasteiger charge is -2.24. The van der Waals surface area contributed by atoms with Gasteiger partial charge in [-0.25, -0.2) is 9.18 Å². The van der Waals surface area contributed by atoms with E-state index in [0.717, 1.165) is 5.56 Å². The van der Waals surface area contributed by atoms with E-state index in [2.05, 4.69) is 4.98 Å². The minimum absolute atomic E-state index is 0.0437. The highest BCUT2D eigenvalue weighted by atomic mass is 19.1. The Morgan fingerprint density at radius 2 is 2.00 bits per heavy atom. The summed E-state index contributed by atoms with van der Waals surface area (Å²) in [4.78, 5) is 29.1. The Kier molecular flexibility index (Phi) is 6.70. The van der Waals surface area contributed by atoms with E-state index in [1.165, 1.54) is 30.0 Å². The van der Waals surface area contributed by atoms with Gasteiger partial charge in [0.05, 0.1) is 25.1 Å². The lowest BCUT2D eigenvalue weighted by Crippen LogP contribution is -2.26. The van der Waals surface area contributed by atoms with Crippen molar-refractivity contribution in [2.75, 3.05) is 13.7 Å². The molecule has 2 aromatic heterocycles. The Hall–Kier alpha value is -3.26. The van der Waals surface area contributed by atoms with Gasteiger partial charge < -0.3 is 19.5 Å². The molecule has 0 radical (unpaired) electrons. The molecule has 0 amide bonds. The highest BCUT2D eigenvalue weighted by Gasteiger charge is 2.23. The molecule has 2 heterocycles. The summed E-state index contributed by atoms with van der Waals surface area (Å²) in [7, 11) is 1.46. The number of aryl methyl sites for hydroxylation is 2. The van der Waals surface area contributed by atoms with E-state index in [1.54, 1.807) is 18.2 Å². The number of nitrogens with zero attached hydrogens (tertiary/aromatic N) is 2. The van der Waals surface area contributed by atoms with Crippen LogP contribution < -0.4 is 10.2 Å². The second-order valence-corrected chi connectivity index (χ2v) is 7.74. The molecule has 31 heavy (non-hydrogen) atoms. The highest BCUT2D eigenvalue weighted by Crippen LogP contribution is 2.27. The molecule has 0 fully saturated rings. The zero-order valence-corrected chi connectivity index (χ0v) is 17.6. The molecule has 3 aromatic rings. The minimum Gasteiger partial charge on any atom is -0.481 e. The maximum atomic E-state index is 13.5. The van der Waals surface area contributed by atoms with Crippen molar-refractivity contribution in [3.05, 3.63) is 69.3 Å². The summed E-state index contributed by atoms with van der Waals surface area (Å²) in [5.74, 6) is -1.43. The summed E-state index contributed by atoms with van der Waals surface area (Å²) < 4.78 is 20.4. The van der Waals surface area contributed by atoms with Crippen LogP contribution in [0.25, 0.3) is 11.0 Å². The molecular formula is C23H25FN2O5. The molecule has 3 rings (SSSR count). The molecule has 0 aliphatic heterocycles. The van der Waals surface area contributed by atoms with Crippen LogP contribution in [0.3, 0.4) is 0 Å². The second-order valence-electron chi connectivity index (χ2n) is 7.74. The van der Waals surface area contributed by atoms with Crippen LogP contribution in [0.1, 0.15) is 41.4 Å². The van der Waals surface area contributed by atoms with Gasteiger partial charge >= 0.3 is 5.97 Å². The molecule has 0 aliphatic rings. The van der Waals surface area contributed by atoms with E-state index >= 15 is 0 Å². The number of ether oxygens (including phenoxy) is 1. The summed E-state index contributed by atoms with van der Waals surface area (Å²) in [5.41, 5.74) is 0.583. The van der Waals surface area contributed by atoms with Crippen molar-refractivity contribution < 1.29 is 24.1 Å². The summed E-state index contributed by atoms with van der Waals surface area (Å²) in [6.45, 7) is 3.52. The first-order chi connectivity index (χ1) is 14.8. The predicted octanol–water partition coefficient (Wildman–Crippen LogP) is 3.22. The van der Waals surface area contributed by atoms with Crippen LogP contribution in [0.4, 0.5) is 4.39 Å². The first kappa shape index (κ1) is 22.4. The Morgan fingerprint density at radius 3 is 2.58 bits per heavy atom. The third-order valence-corrected chi connectivity index (χ3v) is 5.35. The maximum absolute atomic E-state index is 13.5. The van der Waals surface area contributed by atoms with Crippen LogP contribution in [-0.4, -0.2) is 39.5 Å². The summed E-state index contributed by atoms with van der Waals surface area (Å²) in [6.07, 6.45) is 2.13. The van der Waals surface area contributed by atoms with Crippen molar-refractivity contribution in [2.45, 2.75) is 32.7 Å². The molecule has 8 heteroatoms. The summed E-state index contributed by atoms with van der Waals surface area (Å²) >= 11 is 0. The van der Waals surface area contributed by atoms with Crippen LogP contribution in [-0.2, 0) is 12.8 Å². The second kappa shape index (κ2) is 9.26. The third kappa shape index (κ3) is 4.59. The molecule has 0 saturated heterocycles. The highest BCUT2D eigenvalue weighted by molar-refractivity contribution is 5.92. The van der Waals surface area contributed by atoms with Crippen molar-refractivity contribution in [1.29, 1.82) is 0 Å². The average molecular weight is 428 g/mol. The number of carboxylic acid groups (broad SMARTS) is 1. The van der Waals surface area contributed by atoms with Gasteiger partial charge in [-0.3, -0.25) is 4.79 Å². The number of methoxy groups -OCH3 is 1. The topological polar surface area (TPSA) is 102 Å². The zero-order valence-electron chi connectivity index (χ0n) is 17.6. The number of pyridine rings is 2. The van der Waals surface area contributed by atoms with Crippen LogP contribution in [0.2, 0.25) is 0 Å². The van der Waals surface area contributed by atoms with Crippen molar-refractivity contribution in [3.63, 3.8) is 0 Å². The largest absolute Gasteiger partial charge is 0.481 e. The molecule has 0 unspecified atom stereocenters. The van der Waals surface area contributed by atoms with Gasteiger partial charge in [0, 0.05) is 11.8 Å². The number of hydrogen-bond donors (Lipinski definition) is 2. The number of aromatic nitrogens is 2. The quantitative estimate of drug-likeness (QED) is 0.571. The van der Waals surface area contributed by atoms with Crippen molar-refractivity contribution in [1.82, 2.24) is 9.55 Å². The number of rotatable bonds is 8. The Labute approximate surface area is 178 Å². The van der Waals surface area contributed by atoms with Gasteiger partial charge in [-0.1, -0.05) is 26.0 Å². The molecule has 0 aliphatic carbocycles. The van der Waals surface area contributed by atoms with Crippen LogP contribution in [0.5, 0.6) is 5.88 Å². The average Bonchev–Trinajstić information content (AvgIpc) is 2.73. The van der Waals surface area contributed by atoms with E-state index in [0.29, 0.717) is 24.3 Å². The van der Waals surface area contributed by atoms with E-state index in [1.807, 2.05) is 13.8 Å². The molecule has 7 nitrogen and oxygen atoms in total. The Morgan fingerprint density at radius 1 is 1.26 bits per heavy atom. The van der Waals surface area contributed by atoms with Crippen LogP contribution in [0, 0.1) is 11.7 Å². The summed E-state index contributed by atoms with van der Waals surface area (Å²) in [6, 6.07) is 7.33. The first-order valence-corrected chi connectivity index (χ1v) is 9.98. The van der Waals surface area contributed by atoms with Gasteiger partial charge in [0.1, 0.15) is 17.0 Å². The van der Waals surface area contributed by atoms with E-state index in [4.69, 9.17) is 4.74 Å². The molecular weight excluding hydrogens is 403 g/mol. The zero-order chi connectivity index (χ0) is 22.7. The summed E-state index contributed by atoms with van der Waals surface area (Å²) in [5, 5.41) is 19.6. The van der Waals surface area contributed by atoms with Crippen molar-refractivity contribution in [2.24, 2.45) is 5.92 Å². The van der Waals surface area contributed by atoms with Gasteiger partial charge in [-0.05, 0) is 42.5 Å². The molecule has 0 saturated carbocycles. The SMILES string of the molecule is COc1nc2c(cc1CCc1cccc(F)c1)c(=O)c(C(=O)O)cn2[C@H](CO)C(C)C. The number of aromatic carboxylic acids is 1. The normalized spacial score (nSPS) is 12.3. The fourth-order valence-electron chi connectivity index (χ4n) is 3.65. The number of hydrogen-bond acceptors (Lipinski definition) is 5. The predicted molar refractivity (Wildman–Crippen MR) is 114 cm³/mol. The Bertz CT molecular complexity index is 1170. The number of aliphatic hydroxyl groups excluding tert-OH is 1. The molecule has 1 aromatic carbocycles. The van der Waals surface area contributed by atoms with Gasteiger partial charge in [0.15, 0.2) is 0 Å². The molecule has 2 N–H and O–H groups in total. The number of carbonyl (C=O) groups is 1. The first-order valence-electron chi connectivity index (χ1n) is 9.98. The van der Waals surface area contributed by atoms with Gasteiger partial charge in [-0.15, -0.1) is 0 Å². The number of fused-ring (bicyclic) bond motifs is 1. The lowest BCUT2D eigenvalue weighted by molar-refractivity contribution is 0.0694.